The van der Waals surface area contributed by atoms with Crippen molar-refractivity contribution in [2.75, 3.05) is 25.7 Å². The van der Waals surface area contributed by atoms with E-state index in [1.54, 1.807) is 34.6 Å². The Morgan fingerprint density at radius 3 is 1.56 bits per heavy atom. The maximum atomic E-state index is 13.7. The fourth-order valence-electron chi connectivity index (χ4n) is 6.02. The molecule has 8 amide bonds. The van der Waals surface area contributed by atoms with Gasteiger partial charge < -0.3 is 52.0 Å². The van der Waals surface area contributed by atoms with Crippen LogP contribution < -0.4 is 42.5 Å². The van der Waals surface area contributed by atoms with Crippen LogP contribution in [-0.4, -0.2) is 126 Å². The van der Waals surface area contributed by atoms with E-state index in [-0.39, 0.29) is 36.6 Å². The lowest BCUT2D eigenvalue weighted by atomic mass is 9.97. The highest BCUT2D eigenvalue weighted by molar-refractivity contribution is 7.98. The largest absolute Gasteiger partial charge is 0.469 e. The summed E-state index contributed by atoms with van der Waals surface area (Å²) in [6.45, 7) is 22.1. The molecule has 0 aliphatic heterocycles. The van der Waals surface area contributed by atoms with E-state index in [1.807, 2.05) is 34.0 Å². The van der Waals surface area contributed by atoms with Gasteiger partial charge in [-0.05, 0) is 110 Å². The van der Waals surface area contributed by atoms with Gasteiger partial charge in [0.1, 0.15) is 47.4 Å². The lowest BCUT2D eigenvalue weighted by Crippen LogP contribution is -2.63. The van der Waals surface area contributed by atoms with Crippen molar-refractivity contribution in [3.63, 3.8) is 0 Å². The summed E-state index contributed by atoms with van der Waals surface area (Å²) in [5.74, 6) is -4.55. The highest BCUT2D eigenvalue weighted by atomic mass is 32.2. The average molecular weight is 929 g/mol. The van der Waals surface area contributed by atoms with Crippen LogP contribution in [0.25, 0.3) is 0 Å². The van der Waals surface area contributed by atoms with Gasteiger partial charge in [-0.3, -0.25) is 38.4 Å². The number of esters is 1. The molecule has 0 fully saturated rings. The fraction of sp³-hybridized carbons (Fsp3) is 0.795. The first-order valence-corrected chi connectivity index (χ1v) is 23.6. The molecule has 19 nitrogen and oxygen atoms in total. The fourth-order valence-corrected chi connectivity index (χ4v) is 6.49. The molecule has 64 heavy (non-hydrogen) atoms. The Kier molecular flexibility index (Phi) is 26.9. The number of amides is 8. The Labute approximate surface area is 385 Å². The minimum absolute atomic E-state index is 0.0578. The maximum Gasteiger partial charge on any atom is 0.408 e. The predicted octanol–water partition coefficient (Wildman–Crippen LogP) is 2.59. The second-order valence-electron chi connectivity index (χ2n) is 18.8. The minimum Gasteiger partial charge on any atom is -0.469 e. The second kappa shape index (κ2) is 29.0. The Bertz CT molecular complexity index is 1570. The second-order valence-corrected chi connectivity index (χ2v) is 19.8. The van der Waals surface area contributed by atoms with Crippen molar-refractivity contribution in [1.82, 2.24) is 42.5 Å². The molecule has 0 aromatic rings. The highest BCUT2D eigenvalue weighted by Crippen LogP contribution is 2.13. The van der Waals surface area contributed by atoms with Crippen LogP contribution in [0.5, 0.6) is 0 Å². The molecule has 0 aromatic heterocycles. The lowest BCUT2D eigenvalue weighted by molar-refractivity contribution is -0.140. The number of thioether (sulfide) groups is 1. The molecule has 0 aromatic carbocycles. The van der Waals surface area contributed by atoms with Crippen LogP contribution in [0.4, 0.5) is 4.79 Å². The maximum absolute atomic E-state index is 13.7. The number of hydrogen-bond donors (Lipinski definition) is 8. The molecule has 0 aliphatic carbocycles. The van der Waals surface area contributed by atoms with E-state index in [0.717, 1.165) is 0 Å². The van der Waals surface area contributed by atoms with Crippen molar-refractivity contribution in [2.24, 2.45) is 17.8 Å². The smallest absolute Gasteiger partial charge is 0.408 e. The first kappa shape index (κ1) is 59.4. The van der Waals surface area contributed by atoms with Crippen molar-refractivity contribution in [1.29, 1.82) is 0 Å². The van der Waals surface area contributed by atoms with Crippen molar-refractivity contribution in [3.05, 3.63) is 0 Å². The van der Waals surface area contributed by atoms with Gasteiger partial charge in [-0.25, -0.2) is 4.79 Å². The number of rotatable bonds is 28. The van der Waals surface area contributed by atoms with Crippen LogP contribution >= 0.6 is 11.8 Å². The van der Waals surface area contributed by atoms with E-state index >= 15 is 0 Å². The standard InChI is InChI=1S/C44H80N8O11S/c1-25(2)23-31(37(56)45-21-18-16-17-19-33(53)62-14)48-36(55)29(8)47-40(59)34(27(5)6)51-41(60)44(12,13)52-39(58)32(24-26(3)4)49-35(54)28(7)46-38(57)30(20-22-64-15)50-42(61)63-43(9,10)11/h25-32,34H,16-24H2,1-15H3,(H,45,56)(H,46,57)(H,47,59)(H,48,55)(H,49,54)(H,50,61)(H,51,60)(H,52,58)/t28-,29-,30-,31-,32-,34-/m0/s1. The Morgan fingerprint density at radius 2 is 1.09 bits per heavy atom. The zero-order valence-corrected chi connectivity index (χ0v) is 41.8. The Hall–Kier alpha value is -4.62. The number of methoxy groups -OCH3 is 1. The van der Waals surface area contributed by atoms with E-state index in [9.17, 15) is 43.2 Å². The number of hydrogen-bond acceptors (Lipinski definition) is 12. The number of unbranched alkanes of at least 4 members (excludes halogenated alkanes) is 2. The molecule has 8 N–H and O–H groups in total. The SMILES string of the molecule is COC(=O)CCCCCNC(=O)[C@H](CC(C)C)NC(=O)[C@H](C)NC(=O)[C@@H](NC(=O)C(C)(C)NC(=O)[C@H](CC(C)C)NC(=O)[C@H](C)NC(=O)[C@H](CCSC)NC(=O)OC(C)(C)C)C(C)C. The summed E-state index contributed by atoms with van der Waals surface area (Å²) in [4.78, 5) is 118. The van der Waals surface area contributed by atoms with Gasteiger partial charge in [-0.1, -0.05) is 48.0 Å². The molecular formula is C44H80N8O11S. The van der Waals surface area contributed by atoms with Crippen LogP contribution in [0.1, 0.15) is 135 Å². The predicted molar refractivity (Wildman–Crippen MR) is 247 cm³/mol. The molecule has 0 unspecified atom stereocenters. The van der Waals surface area contributed by atoms with Gasteiger partial charge in [0.15, 0.2) is 0 Å². The van der Waals surface area contributed by atoms with Crippen molar-refractivity contribution in [3.8, 4) is 0 Å². The number of ether oxygens (including phenoxy) is 2. The quantitative estimate of drug-likeness (QED) is 0.0416. The van der Waals surface area contributed by atoms with Crippen molar-refractivity contribution in [2.45, 2.75) is 182 Å². The molecule has 0 spiro atoms. The molecule has 0 saturated carbocycles. The van der Waals surface area contributed by atoms with Gasteiger partial charge in [0.25, 0.3) is 0 Å². The number of carbonyl (C=O) groups excluding carboxylic acids is 9. The third-order valence-corrected chi connectivity index (χ3v) is 10.3. The third-order valence-electron chi connectivity index (χ3n) is 9.63. The first-order chi connectivity index (χ1) is 29.5. The van der Waals surface area contributed by atoms with Gasteiger partial charge >= 0.3 is 12.1 Å². The van der Waals surface area contributed by atoms with Crippen LogP contribution in [-0.2, 0) is 47.8 Å². The van der Waals surface area contributed by atoms with Gasteiger partial charge in [-0.15, -0.1) is 0 Å². The number of alkyl carbamates (subject to hydrolysis) is 1. The van der Waals surface area contributed by atoms with E-state index in [4.69, 9.17) is 4.74 Å². The van der Waals surface area contributed by atoms with Crippen LogP contribution in [0.3, 0.4) is 0 Å². The van der Waals surface area contributed by atoms with Gasteiger partial charge in [-0.2, -0.15) is 11.8 Å². The van der Waals surface area contributed by atoms with E-state index in [2.05, 4.69) is 47.3 Å². The molecule has 0 aliphatic rings. The molecule has 20 heteroatoms. The van der Waals surface area contributed by atoms with Crippen LogP contribution in [0.15, 0.2) is 0 Å². The number of carbonyl (C=O) groups is 9. The zero-order valence-electron chi connectivity index (χ0n) is 41.0. The Morgan fingerprint density at radius 1 is 0.578 bits per heavy atom. The van der Waals surface area contributed by atoms with Gasteiger partial charge in [0.2, 0.25) is 41.4 Å². The normalized spacial score (nSPS) is 14.5. The first-order valence-electron chi connectivity index (χ1n) is 22.2. The summed E-state index contributed by atoms with van der Waals surface area (Å²) >= 11 is 1.48. The monoisotopic (exact) mass is 929 g/mol. The Balaban J connectivity index is 5.70. The van der Waals surface area contributed by atoms with Crippen molar-refractivity contribution < 1.29 is 52.6 Å². The van der Waals surface area contributed by atoms with Gasteiger partial charge in [0, 0.05) is 13.0 Å². The molecule has 0 saturated heterocycles. The summed E-state index contributed by atoms with van der Waals surface area (Å²) < 4.78 is 9.94. The molecule has 6 atom stereocenters. The topological polar surface area (TPSA) is 268 Å². The molecule has 368 valence electrons. The summed E-state index contributed by atoms with van der Waals surface area (Å²) in [5, 5.41) is 21.4. The summed E-state index contributed by atoms with van der Waals surface area (Å²) in [5.41, 5.74) is -2.38. The summed E-state index contributed by atoms with van der Waals surface area (Å²) in [7, 11) is 1.33. The van der Waals surface area contributed by atoms with Crippen LogP contribution in [0.2, 0.25) is 0 Å². The summed E-state index contributed by atoms with van der Waals surface area (Å²) in [6.07, 6.45) is 4.12. The molecule has 0 heterocycles. The lowest BCUT2D eigenvalue weighted by Gasteiger charge is -2.32. The highest BCUT2D eigenvalue weighted by Gasteiger charge is 2.37. The van der Waals surface area contributed by atoms with Crippen molar-refractivity contribution >= 4 is 65.2 Å². The number of nitrogens with one attached hydrogen (secondary N) is 8. The van der Waals surface area contributed by atoms with E-state index in [0.29, 0.717) is 44.4 Å². The average Bonchev–Trinajstić information content (AvgIpc) is 3.17. The van der Waals surface area contributed by atoms with Gasteiger partial charge in [0.05, 0.1) is 7.11 Å². The molecule has 0 rings (SSSR count). The van der Waals surface area contributed by atoms with E-state index in [1.165, 1.54) is 46.6 Å². The van der Waals surface area contributed by atoms with Crippen LogP contribution in [0, 0.1) is 17.8 Å². The molecule has 0 bridgehead atoms. The third kappa shape index (κ3) is 24.4. The zero-order chi connectivity index (χ0) is 49.5. The molecular weight excluding hydrogens is 849 g/mol. The van der Waals surface area contributed by atoms with E-state index < -0.39 is 94.8 Å². The minimum atomic E-state index is -1.59. The molecule has 0 radical (unpaired) electrons. The summed E-state index contributed by atoms with van der Waals surface area (Å²) in [6, 6.07) is -6.31.